The van der Waals surface area contributed by atoms with Crippen molar-refractivity contribution in [2.75, 3.05) is 11.9 Å². The van der Waals surface area contributed by atoms with Crippen LogP contribution in [0.1, 0.15) is 5.69 Å². The first-order valence-electron chi connectivity index (χ1n) is 5.48. The molecule has 7 heteroatoms. The van der Waals surface area contributed by atoms with Gasteiger partial charge in [-0.15, -0.1) is 0 Å². The summed E-state index contributed by atoms with van der Waals surface area (Å²) < 4.78 is 13.1. The summed E-state index contributed by atoms with van der Waals surface area (Å²) in [6, 6.07) is 3.47. The highest BCUT2D eigenvalue weighted by Crippen LogP contribution is 2.28. The number of anilines is 1. The molecule has 19 heavy (non-hydrogen) atoms. The molecule has 1 heterocycles. The second-order valence-electron chi connectivity index (χ2n) is 3.94. The van der Waals surface area contributed by atoms with Crippen molar-refractivity contribution in [3.63, 3.8) is 0 Å². The minimum Gasteiger partial charge on any atom is -0.363 e. The highest BCUT2D eigenvalue weighted by atomic mass is 19.1. The van der Waals surface area contributed by atoms with Gasteiger partial charge >= 0.3 is 0 Å². The molecule has 0 saturated carbocycles. The summed E-state index contributed by atoms with van der Waals surface area (Å²) in [6.07, 6.45) is 4.66. The molecule has 1 aromatic carbocycles. The topological polar surface area (TPSA) is 72.2 Å². The lowest BCUT2D eigenvalue weighted by Gasteiger charge is -2.18. The van der Waals surface area contributed by atoms with E-state index in [0.29, 0.717) is 17.9 Å². The molecule has 0 bridgehead atoms. The first-order valence-corrected chi connectivity index (χ1v) is 5.48. The summed E-state index contributed by atoms with van der Waals surface area (Å²) in [4.78, 5) is 19.9. The molecule has 0 N–H and O–H groups in total. The van der Waals surface area contributed by atoms with Gasteiger partial charge in [-0.2, -0.15) is 0 Å². The molecule has 98 valence electrons. The van der Waals surface area contributed by atoms with Crippen LogP contribution in [0.25, 0.3) is 0 Å². The number of hydrogen-bond acceptors (Lipinski definition) is 5. The van der Waals surface area contributed by atoms with Gasteiger partial charge in [0, 0.05) is 19.4 Å². The van der Waals surface area contributed by atoms with E-state index in [-0.39, 0.29) is 5.69 Å². The molecule has 6 nitrogen and oxygen atoms in total. The van der Waals surface area contributed by atoms with E-state index in [4.69, 9.17) is 0 Å². The summed E-state index contributed by atoms with van der Waals surface area (Å²) in [5, 5.41) is 10.9. The summed E-state index contributed by atoms with van der Waals surface area (Å²) in [5.41, 5.74) is 0.729. The Morgan fingerprint density at radius 2 is 2.21 bits per heavy atom. The molecule has 0 atom stereocenters. The highest BCUT2D eigenvalue weighted by Gasteiger charge is 2.18. The zero-order chi connectivity index (χ0) is 13.8. The lowest BCUT2D eigenvalue weighted by Crippen LogP contribution is -2.18. The maximum Gasteiger partial charge on any atom is 0.295 e. The van der Waals surface area contributed by atoms with Crippen LogP contribution in [0.4, 0.5) is 15.8 Å². The average Bonchev–Trinajstić information content (AvgIpc) is 2.39. The Kier molecular flexibility index (Phi) is 3.65. The fourth-order valence-corrected chi connectivity index (χ4v) is 1.71. The Hall–Kier alpha value is -2.57. The predicted octanol–water partition coefficient (Wildman–Crippen LogP) is 2.16. The van der Waals surface area contributed by atoms with Gasteiger partial charge in [0.2, 0.25) is 0 Å². The number of halogens is 1. The van der Waals surface area contributed by atoms with Crippen molar-refractivity contribution in [3.05, 3.63) is 58.4 Å². The molecule has 0 unspecified atom stereocenters. The third kappa shape index (κ3) is 3.01. The third-order valence-corrected chi connectivity index (χ3v) is 2.56. The van der Waals surface area contributed by atoms with E-state index in [1.807, 2.05) is 0 Å². The van der Waals surface area contributed by atoms with Crippen molar-refractivity contribution in [2.45, 2.75) is 6.54 Å². The van der Waals surface area contributed by atoms with Crippen LogP contribution in [-0.4, -0.2) is 21.9 Å². The van der Waals surface area contributed by atoms with Crippen LogP contribution in [0, 0.1) is 15.9 Å². The lowest BCUT2D eigenvalue weighted by molar-refractivity contribution is -0.384. The second kappa shape index (κ2) is 5.38. The second-order valence-corrected chi connectivity index (χ2v) is 3.94. The Bertz CT molecular complexity index is 592. The van der Waals surface area contributed by atoms with E-state index >= 15 is 0 Å². The minimum atomic E-state index is -0.636. The molecule has 0 amide bonds. The first kappa shape index (κ1) is 12.9. The van der Waals surface area contributed by atoms with Crippen molar-refractivity contribution in [1.29, 1.82) is 0 Å². The smallest absolute Gasteiger partial charge is 0.295 e. The number of nitro benzene ring substituents is 1. The molecule has 0 radical (unpaired) electrons. The molecular weight excluding hydrogens is 251 g/mol. The van der Waals surface area contributed by atoms with Crippen LogP contribution in [0.15, 0.2) is 36.8 Å². The van der Waals surface area contributed by atoms with Gasteiger partial charge < -0.3 is 4.90 Å². The molecule has 0 aliphatic carbocycles. The number of nitro groups is 1. The normalized spacial score (nSPS) is 10.2. The summed E-state index contributed by atoms with van der Waals surface area (Å²) in [6.45, 7) is 0.348. The number of benzene rings is 1. The van der Waals surface area contributed by atoms with Gasteiger partial charge in [-0.05, 0) is 12.1 Å². The Balaban J connectivity index is 2.28. The third-order valence-electron chi connectivity index (χ3n) is 2.56. The van der Waals surface area contributed by atoms with Crippen molar-refractivity contribution in [1.82, 2.24) is 9.97 Å². The number of aromatic nitrogens is 2. The first-order chi connectivity index (χ1) is 9.08. The average molecular weight is 262 g/mol. The zero-order valence-electron chi connectivity index (χ0n) is 10.2. The van der Waals surface area contributed by atoms with E-state index in [2.05, 4.69) is 9.97 Å². The summed E-state index contributed by atoms with van der Waals surface area (Å²) in [7, 11) is 1.68. The van der Waals surface area contributed by atoms with E-state index in [1.54, 1.807) is 30.5 Å². The van der Waals surface area contributed by atoms with E-state index in [0.717, 1.165) is 6.07 Å². The molecule has 0 aliphatic heterocycles. The molecule has 0 spiro atoms. The quantitative estimate of drug-likeness (QED) is 0.623. The SMILES string of the molecule is CN(Cc1cnccn1)c1ccc(F)cc1[N+](=O)[O-]. The molecule has 2 rings (SSSR count). The van der Waals surface area contributed by atoms with Gasteiger partial charge in [0.15, 0.2) is 0 Å². The van der Waals surface area contributed by atoms with Crippen molar-refractivity contribution >= 4 is 11.4 Å². The van der Waals surface area contributed by atoms with Gasteiger partial charge in [0.1, 0.15) is 11.5 Å². The molecule has 2 aromatic rings. The zero-order valence-corrected chi connectivity index (χ0v) is 10.2. The molecular formula is C12H11FN4O2. The maximum absolute atomic E-state index is 13.1. The Labute approximate surface area is 108 Å². The van der Waals surface area contributed by atoms with E-state index in [9.17, 15) is 14.5 Å². The van der Waals surface area contributed by atoms with E-state index in [1.165, 1.54) is 12.1 Å². The van der Waals surface area contributed by atoms with Gasteiger partial charge in [-0.1, -0.05) is 0 Å². The largest absolute Gasteiger partial charge is 0.363 e. The van der Waals surface area contributed by atoms with Gasteiger partial charge in [-0.3, -0.25) is 20.1 Å². The van der Waals surface area contributed by atoms with Crippen molar-refractivity contribution < 1.29 is 9.31 Å². The molecule has 1 aromatic heterocycles. The van der Waals surface area contributed by atoms with Gasteiger partial charge in [0.25, 0.3) is 5.69 Å². The number of nitrogens with zero attached hydrogens (tertiary/aromatic N) is 4. The number of hydrogen-bond donors (Lipinski definition) is 0. The fraction of sp³-hybridized carbons (Fsp3) is 0.167. The van der Waals surface area contributed by atoms with Crippen molar-refractivity contribution in [3.8, 4) is 0 Å². The Morgan fingerprint density at radius 3 is 2.84 bits per heavy atom. The van der Waals surface area contributed by atoms with Crippen LogP contribution in [0.2, 0.25) is 0 Å². The Morgan fingerprint density at radius 1 is 1.42 bits per heavy atom. The number of rotatable bonds is 4. The minimum absolute atomic E-state index is 0.272. The fourth-order valence-electron chi connectivity index (χ4n) is 1.71. The summed E-state index contributed by atoms with van der Waals surface area (Å²) >= 11 is 0. The van der Waals surface area contributed by atoms with Crippen LogP contribution in [0.5, 0.6) is 0 Å². The molecule has 0 fully saturated rings. The van der Waals surface area contributed by atoms with Crippen LogP contribution in [-0.2, 0) is 6.54 Å². The van der Waals surface area contributed by atoms with Gasteiger partial charge in [-0.25, -0.2) is 4.39 Å². The maximum atomic E-state index is 13.1. The standard InChI is InChI=1S/C12H11FN4O2/c1-16(8-10-7-14-4-5-15-10)11-3-2-9(13)6-12(11)17(18)19/h2-7H,8H2,1H3. The molecule has 0 saturated heterocycles. The highest BCUT2D eigenvalue weighted by molar-refractivity contribution is 5.62. The molecule has 0 aliphatic rings. The van der Waals surface area contributed by atoms with Crippen LogP contribution >= 0.6 is 0 Å². The predicted molar refractivity (Wildman–Crippen MR) is 67.2 cm³/mol. The summed E-state index contributed by atoms with van der Waals surface area (Å²) in [5.74, 6) is -0.636. The van der Waals surface area contributed by atoms with Crippen LogP contribution < -0.4 is 4.90 Å². The lowest BCUT2D eigenvalue weighted by atomic mass is 10.2. The van der Waals surface area contributed by atoms with Crippen LogP contribution in [0.3, 0.4) is 0 Å². The van der Waals surface area contributed by atoms with Gasteiger partial charge in [0.05, 0.1) is 29.4 Å². The van der Waals surface area contributed by atoms with Crippen molar-refractivity contribution in [2.24, 2.45) is 0 Å². The van der Waals surface area contributed by atoms with E-state index < -0.39 is 10.7 Å². The monoisotopic (exact) mass is 262 g/mol.